The maximum absolute atomic E-state index is 14.3. The number of halogens is 3. The first kappa shape index (κ1) is 27.4. The molecule has 212 valence electrons. The van der Waals surface area contributed by atoms with Crippen LogP contribution < -0.4 is 30.6 Å². The number of carbonyl (C=O) groups excluding carboxylic acids is 1. The zero-order valence-electron chi connectivity index (χ0n) is 22.4. The van der Waals surface area contributed by atoms with Crippen molar-refractivity contribution in [2.75, 3.05) is 51.1 Å². The van der Waals surface area contributed by atoms with E-state index < -0.39 is 17.3 Å². The van der Waals surface area contributed by atoms with Gasteiger partial charge in [0.2, 0.25) is 5.91 Å². The van der Waals surface area contributed by atoms with Crippen LogP contribution in [-0.2, 0) is 17.4 Å². The van der Waals surface area contributed by atoms with Crippen molar-refractivity contribution in [2.45, 2.75) is 25.4 Å². The van der Waals surface area contributed by atoms with Crippen molar-refractivity contribution in [2.24, 2.45) is 5.92 Å². The Hall–Kier alpha value is -4.22. The maximum Gasteiger partial charge on any atom is 0.418 e. The summed E-state index contributed by atoms with van der Waals surface area (Å²) in [5.41, 5.74) is 0.279. The summed E-state index contributed by atoms with van der Waals surface area (Å²) < 4.78 is 54.4. The molecule has 0 spiro atoms. The van der Waals surface area contributed by atoms with Gasteiger partial charge in [-0.1, -0.05) is 0 Å². The molecule has 1 saturated heterocycles. The molecule has 0 unspecified atom stereocenters. The lowest BCUT2D eigenvalue weighted by Crippen LogP contribution is -2.28. The first-order chi connectivity index (χ1) is 19.1. The molecule has 1 atom stereocenters. The van der Waals surface area contributed by atoms with E-state index in [1.807, 2.05) is 4.90 Å². The van der Waals surface area contributed by atoms with Crippen molar-refractivity contribution >= 4 is 17.3 Å². The summed E-state index contributed by atoms with van der Waals surface area (Å²) >= 11 is 0. The Morgan fingerprint density at radius 1 is 1.15 bits per heavy atom. The molecular formula is C28H30F3N5O4. The molecular weight excluding hydrogens is 527 g/mol. The molecule has 0 radical (unpaired) electrons. The van der Waals surface area contributed by atoms with E-state index in [-0.39, 0.29) is 23.2 Å². The summed E-state index contributed by atoms with van der Waals surface area (Å²) in [6.45, 7) is 1.55. The number of aromatic nitrogens is 2. The summed E-state index contributed by atoms with van der Waals surface area (Å²) in [4.78, 5) is 27.3. The van der Waals surface area contributed by atoms with Gasteiger partial charge >= 0.3 is 6.18 Å². The number of ether oxygens (including phenoxy) is 2. The van der Waals surface area contributed by atoms with Crippen LogP contribution in [-0.4, -0.2) is 56.6 Å². The molecule has 3 aromatic rings. The normalized spacial score (nSPS) is 16.4. The van der Waals surface area contributed by atoms with Crippen LogP contribution in [0.5, 0.6) is 11.5 Å². The summed E-state index contributed by atoms with van der Waals surface area (Å²) in [5, 5.41) is 10.2. The van der Waals surface area contributed by atoms with Gasteiger partial charge in [0.1, 0.15) is 17.2 Å². The van der Waals surface area contributed by atoms with Crippen molar-refractivity contribution in [3.05, 3.63) is 57.9 Å². The Labute approximate surface area is 228 Å². The fourth-order valence-corrected chi connectivity index (χ4v) is 5.37. The van der Waals surface area contributed by atoms with Crippen molar-refractivity contribution in [3.8, 4) is 28.4 Å². The van der Waals surface area contributed by atoms with Gasteiger partial charge in [-0.25, -0.2) is 0 Å². The fraction of sp³-hybridized carbons (Fsp3) is 0.393. The van der Waals surface area contributed by atoms with Crippen LogP contribution in [0.4, 0.5) is 24.5 Å². The molecule has 2 aromatic carbocycles. The highest BCUT2D eigenvalue weighted by molar-refractivity contribution is 5.76. The average Bonchev–Trinajstić information content (AvgIpc) is 3.62. The van der Waals surface area contributed by atoms with Crippen LogP contribution in [0.25, 0.3) is 16.9 Å². The van der Waals surface area contributed by atoms with E-state index in [9.17, 15) is 22.8 Å². The summed E-state index contributed by atoms with van der Waals surface area (Å²) in [7, 11) is 4.57. The largest absolute Gasteiger partial charge is 0.497 e. The minimum atomic E-state index is -4.73. The summed E-state index contributed by atoms with van der Waals surface area (Å²) in [5.74, 6) is 0.951. The number of benzene rings is 2. The molecule has 0 aliphatic carbocycles. The lowest BCUT2D eigenvalue weighted by atomic mass is 10.0. The van der Waals surface area contributed by atoms with Crippen LogP contribution >= 0.6 is 0 Å². The quantitative estimate of drug-likeness (QED) is 0.455. The highest BCUT2D eigenvalue weighted by Gasteiger charge is 2.36. The number of fused-ring (bicyclic) bond motifs is 1. The van der Waals surface area contributed by atoms with Gasteiger partial charge in [0.25, 0.3) is 5.56 Å². The predicted octanol–water partition coefficient (Wildman–Crippen LogP) is 3.87. The molecule has 9 nitrogen and oxygen atoms in total. The molecule has 3 heterocycles. The summed E-state index contributed by atoms with van der Waals surface area (Å²) in [6.07, 6.45) is -3.18. The molecule has 1 fully saturated rings. The van der Waals surface area contributed by atoms with Crippen LogP contribution in [0.2, 0.25) is 0 Å². The number of carbonyl (C=O) groups is 1. The Kier molecular flexibility index (Phi) is 7.35. The number of alkyl halides is 3. The van der Waals surface area contributed by atoms with E-state index in [4.69, 9.17) is 9.47 Å². The first-order valence-electron chi connectivity index (χ1n) is 12.9. The van der Waals surface area contributed by atoms with E-state index in [0.29, 0.717) is 66.5 Å². The average molecular weight is 558 g/mol. The molecule has 40 heavy (non-hydrogen) atoms. The van der Waals surface area contributed by atoms with Gasteiger partial charge in [-0.15, -0.1) is 0 Å². The van der Waals surface area contributed by atoms with Crippen molar-refractivity contribution < 1.29 is 27.4 Å². The predicted molar refractivity (Wildman–Crippen MR) is 145 cm³/mol. The number of hydrogen-bond donors (Lipinski definition) is 2. The maximum atomic E-state index is 14.3. The van der Waals surface area contributed by atoms with Crippen molar-refractivity contribution in [1.82, 2.24) is 15.1 Å². The van der Waals surface area contributed by atoms with Gasteiger partial charge in [0.05, 0.1) is 31.2 Å². The highest BCUT2D eigenvalue weighted by Crippen LogP contribution is 2.39. The second-order valence-electron chi connectivity index (χ2n) is 9.87. The molecule has 0 saturated carbocycles. The van der Waals surface area contributed by atoms with E-state index >= 15 is 0 Å². The lowest BCUT2D eigenvalue weighted by Gasteiger charge is -2.22. The van der Waals surface area contributed by atoms with Crippen molar-refractivity contribution in [1.29, 1.82) is 0 Å². The Morgan fingerprint density at radius 3 is 2.52 bits per heavy atom. The Balaban J connectivity index is 1.65. The van der Waals surface area contributed by atoms with E-state index in [1.165, 1.54) is 26.4 Å². The molecule has 12 heteroatoms. The molecule has 5 rings (SSSR count). The van der Waals surface area contributed by atoms with Crippen molar-refractivity contribution in [3.63, 3.8) is 0 Å². The lowest BCUT2D eigenvalue weighted by molar-refractivity contribution is -0.137. The Bertz CT molecular complexity index is 1480. The van der Waals surface area contributed by atoms with Gasteiger partial charge < -0.3 is 25.0 Å². The number of methoxy groups -OCH3 is 2. The first-order valence-corrected chi connectivity index (χ1v) is 12.9. The molecule has 0 bridgehead atoms. The number of nitrogens with zero attached hydrogens (tertiary/aromatic N) is 3. The molecule has 2 aliphatic rings. The Morgan fingerprint density at radius 2 is 1.88 bits per heavy atom. The third kappa shape index (κ3) is 5.17. The van der Waals surface area contributed by atoms with E-state index in [2.05, 4.69) is 15.7 Å². The second kappa shape index (κ2) is 10.7. The highest BCUT2D eigenvalue weighted by atomic mass is 19.4. The topological polar surface area (TPSA) is 97.7 Å². The second-order valence-corrected chi connectivity index (χ2v) is 9.87. The number of amides is 1. The van der Waals surface area contributed by atoms with Crippen LogP contribution in [0.3, 0.4) is 0 Å². The van der Waals surface area contributed by atoms with Gasteiger partial charge in [-0.2, -0.15) is 23.0 Å². The van der Waals surface area contributed by atoms with Crippen LogP contribution in [0.1, 0.15) is 24.0 Å². The van der Waals surface area contributed by atoms with Gasteiger partial charge in [-0.3, -0.25) is 9.59 Å². The molecule has 1 aromatic heterocycles. The van der Waals surface area contributed by atoms with Crippen LogP contribution in [0.15, 0.2) is 41.2 Å². The minimum Gasteiger partial charge on any atom is -0.497 e. The third-order valence-electron chi connectivity index (χ3n) is 7.41. The third-order valence-corrected chi connectivity index (χ3v) is 7.41. The number of rotatable bonds is 7. The van der Waals surface area contributed by atoms with Crippen LogP contribution in [0, 0.1) is 5.92 Å². The smallest absolute Gasteiger partial charge is 0.418 e. The standard InChI is InChI=1S/C28H30F3N5O4/c1-32-24(37)10-16-7-9-35(15-16)18-4-5-22(28(29,30)31)23(13-18)36-27(38)26-21(6-8-33-26)25(34-36)17-11-19(39-2)14-20(12-17)40-3/h4-5,11-14,16,33H,6-10,15H2,1-3H3,(H,32,37)/t16-/m1/s1. The minimum absolute atomic E-state index is 0.0744. The number of anilines is 2. The fourth-order valence-electron chi connectivity index (χ4n) is 5.37. The molecule has 2 N–H and O–H groups in total. The number of hydrogen-bond acceptors (Lipinski definition) is 7. The molecule has 2 aliphatic heterocycles. The van der Waals surface area contributed by atoms with Gasteiger partial charge in [0, 0.05) is 56.0 Å². The molecule has 1 amide bonds. The SMILES string of the molecule is CNC(=O)C[C@H]1CCN(c2ccc(C(F)(F)F)c(-n3nc(-c4cc(OC)cc(OC)c4)c4c(c3=O)NCC4)c2)C1. The zero-order chi connectivity index (χ0) is 28.6. The zero-order valence-corrected chi connectivity index (χ0v) is 22.4. The van der Waals surface area contributed by atoms with Gasteiger partial charge in [-0.05, 0) is 49.1 Å². The van der Waals surface area contributed by atoms with E-state index in [1.54, 1.807) is 25.2 Å². The number of nitrogens with one attached hydrogen (secondary N) is 2. The van der Waals surface area contributed by atoms with E-state index in [0.717, 1.165) is 17.2 Å². The van der Waals surface area contributed by atoms with Gasteiger partial charge in [0.15, 0.2) is 0 Å². The summed E-state index contributed by atoms with van der Waals surface area (Å²) in [6, 6.07) is 8.83. The monoisotopic (exact) mass is 557 g/mol.